The predicted octanol–water partition coefficient (Wildman–Crippen LogP) is 2.46. The van der Waals surface area contributed by atoms with Gasteiger partial charge < -0.3 is 10.6 Å². The molecule has 1 aromatic heterocycles. The Morgan fingerprint density at radius 1 is 1.53 bits per heavy atom. The van der Waals surface area contributed by atoms with Crippen LogP contribution >= 0.6 is 11.3 Å². The first-order valence-electron chi connectivity index (χ1n) is 6.25. The van der Waals surface area contributed by atoms with Crippen molar-refractivity contribution in [2.24, 2.45) is 5.73 Å². The van der Waals surface area contributed by atoms with Crippen LogP contribution in [0.15, 0.2) is 12.1 Å². The van der Waals surface area contributed by atoms with Crippen molar-refractivity contribution in [1.29, 1.82) is 0 Å². The number of hydrogen-bond donors (Lipinski definition) is 1. The fourth-order valence-electron chi connectivity index (χ4n) is 2.46. The Morgan fingerprint density at radius 3 is 2.88 bits per heavy atom. The third-order valence-corrected chi connectivity index (χ3v) is 4.34. The largest absolute Gasteiger partial charge is 0.333 e. The van der Waals surface area contributed by atoms with Gasteiger partial charge in [0.25, 0.3) is 0 Å². The zero-order valence-electron chi connectivity index (χ0n) is 10.5. The summed E-state index contributed by atoms with van der Waals surface area (Å²) in [5, 5.41) is 0. The van der Waals surface area contributed by atoms with Crippen LogP contribution in [0, 0.1) is 6.92 Å². The van der Waals surface area contributed by atoms with Crippen molar-refractivity contribution in [2.75, 3.05) is 6.54 Å². The highest BCUT2D eigenvalue weighted by Gasteiger charge is 2.34. The van der Waals surface area contributed by atoms with Crippen molar-refractivity contribution in [3.8, 4) is 0 Å². The van der Waals surface area contributed by atoms with Crippen molar-refractivity contribution >= 4 is 17.2 Å². The van der Waals surface area contributed by atoms with Crippen LogP contribution in [0.1, 0.15) is 42.0 Å². The van der Waals surface area contributed by atoms with Gasteiger partial charge in [0, 0.05) is 28.8 Å². The highest BCUT2D eigenvalue weighted by Crippen LogP contribution is 2.34. The van der Waals surface area contributed by atoms with Crippen LogP contribution in [-0.4, -0.2) is 23.4 Å². The molecule has 2 unspecified atom stereocenters. The number of thiophene rings is 1. The van der Waals surface area contributed by atoms with E-state index in [0.29, 0.717) is 6.42 Å². The molecule has 1 fully saturated rings. The average molecular weight is 252 g/mol. The lowest BCUT2D eigenvalue weighted by molar-refractivity contribution is -0.137. The molecule has 1 aromatic rings. The van der Waals surface area contributed by atoms with Crippen LogP contribution in [0.4, 0.5) is 0 Å². The first-order chi connectivity index (χ1) is 8.13. The maximum atomic E-state index is 12.0. The van der Waals surface area contributed by atoms with E-state index in [1.54, 1.807) is 11.3 Å². The number of nitrogens with zero attached hydrogens (tertiary/aromatic N) is 1. The van der Waals surface area contributed by atoms with Crippen LogP contribution in [0.2, 0.25) is 0 Å². The summed E-state index contributed by atoms with van der Waals surface area (Å²) in [6.45, 7) is 5.01. The monoisotopic (exact) mass is 252 g/mol. The molecule has 0 aromatic carbocycles. The molecule has 0 spiro atoms. The lowest BCUT2D eigenvalue weighted by atomic mass is 9.95. The molecule has 2 rings (SSSR count). The minimum atomic E-state index is 0.0808. The first kappa shape index (κ1) is 12.6. The molecule has 1 saturated heterocycles. The molecule has 0 aliphatic carbocycles. The van der Waals surface area contributed by atoms with E-state index in [4.69, 9.17) is 5.73 Å². The zero-order chi connectivity index (χ0) is 12.4. The highest BCUT2D eigenvalue weighted by atomic mass is 32.1. The smallest absolute Gasteiger partial charge is 0.223 e. The second kappa shape index (κ2) is 5.19. The van der Waals surface area contributed by atoms with Crippen molar-refractivity contribution in [2.45, 2.75) is 45.2 Å². The summed E-state index contributed by atoms with van der Waals surface area (Å²) in [5.74, 6) is 0.254. The maximum Gasteiger partial charge on any atom is 0.223 e. The molecular formula is C13H20N2OS. The summed E-state index contributed by atoms with van der Waals surface area (Å²) in [6.07, 6.45) is 2.39. The summed E-state index contributed by atoms with van der Waals surface area (Å²) in [7, 11) is 0. The van der Waals surface area contributed by atoms with Crippen molar-refractivity contribution in [1.82, 2.24) is 4.90 Å². The van der Waals surface area contributed by atoms with E-state index in [0.717, 1.165) is 19.4 Å². The molecule has 94 valence electrons. The van der Waals surface area contributed by atoms with Gasteiger partial charge in [0.1, 0.15) is 0 Å². The lowest BCUT2D eigenvalue weighted by Crippen LogP contribution is -2.48. The number of hydrogen-bond acceptors (Lipinski definition) is 3. The second-order valence-electron chi connectivity index (χ2n) is 4.68. The van der Waals surface area contributed by atoms with Gasteiger partial charge in [0.2, 0.25) is 5.91 Å². The number of carbonyl (C=O) groups is 1. The quantitative estimate of drug-likeness (QED) is 0.898. The molecule has 1 amide bonds. The van der Waals surface area contributed by atoms with Gasteiger partial charge in [-0.2, -0.15) is 0 Å². The number of nitrogens with two attached hydrogens (primary N) is 1. The third-order valence-electron chi connectivity index (χ3n) is 3.27. The molecule has 3 nitrogen and oxygen atoms in total. The Bertz CT molecular complexity index is 402. The molecule has 4 heteroatoms. The second-order valence-corrected chi connectivity index (χ2v) is 6.00. The van der Waals surface area contributed by atoms with E-state index in [2.05, 4.69) is 26.0 Å². The third kappa shape index (κ3) is 2.53. The summed E-state index contributed by atoms with van der Waals surface area (Å²) in [6, 6.07) is 4.40. The fraction of sp³-hybridized carbons (Fsp3) is 0.615. The Labute approximate surface area is 107 Å². The van der Waals surface area contributed by atoms with Crippen molar-refractivity contribution in [3.63, 3.8) is 0 Å². The van der Waals surface area contributed by atoms with Crippen LogP contribution in [0.25, 0.3) is 0 Å². The molecule has 2 atom stereocenters. The highest BCUT2D eigenvalue weighted by molar-refractivity contribution is 7.12. The summed E-state index contributed by atoms with van der Waals surface area (Å²) < 4.78 is 0. The average Bonchev–Trinajstić information content (AvgIpc) is 2.70. The standard InChI is InChI=1S/C13H20N2OS/c1-3-8-15-12(16)7-5-10(14)13(15)11-6-4-9(2)17-11/h4,6,10,13H,3,5,7-8,14H2,1-2H3. The minimum Gasteiger partial charge on any atom is -0.333 e. The molecular weight excluding hydrogens is 232 g/mol. The van der Waals surface area contributed by atoms with E-state index in [-0.39, 0.29) is 18.0 Å². The van der Waals surface area contributed by atoms with E-state index < -0.39 is 0 Å². The fourth-order valence-corrected chi connectivity index (χ4v) is 3.53. The van der Waals surface area contributed by atoms with E-state index >= 15 is 0 Å². The Balaban J connectivity index is 2.28. The molecule has 2 N–H and O–H groups in total. The molecule has 17 heavy (non-hydrogen) atoms. The number of carbonyl (C=O) groups excluding carboxylic acids is 1. The first-order valence-corrected chi connectivity index (χ1v) is 7.06. The number of likely N-dealkylation sites (tertiary alicyclic amines) is 1. The van der Waals surface area contributed by atoms with Crippen LogP contribution in [0.3, 0.4) is 0 Å². The van der Waals surface area contributed by atoms with Crippen molar-refractivity contribution in [3.05, 3.63) is 21.9 Å². The summed E-state index contributed by atoms with van der Waals surface area (Å²) in [5.41, 5.74) is 6.22. The summed E-state index contributed by atoms with van der Waals surface area (Å²) >= 11 is 1.76. The predicted molar refractivity (Wildman–Crippen MR) is 71.0 cm³/mol. The van der Waals surface area contributed by atoms with E-state index in [1.807, 2.05) is 4.90 Å². The normalized spacial score (nSPS) is 25.4. The topological polar surface area (TPSA) is 46.3 Å². The Hall–Kier alpha value is -0.870. The van der Waals surface area contributed by atoms with Gasteiger partial charge in [-0.3, -0.25) is 4.79 Å². The Kier molecular flexibility index (Phi) is 3.84. The van der Waals surface area contributed by atoms with Gasteiger partial charge in [-0.05, 0) is 31.9 Å². The van der Waals surface area contributed by atoms with E-state index in [9.17, 15) is 4.79 Å². The van der Waals surface area contributed by atoms with Gasteiger partial charge in [0.05, 0.1) is 6.04 Å². The zero-order valence-corrected chi connectivity index (χ0v) is 11.3. The van der Waals surface area contributed by atoms with Gasteiger partial charge in [-0.1, -0.05) is 6.92 Å². The maximum absolute atomic E-state index is 12.0. The van der Waals surface area contributed by atoms with Gasteiger partial charge in [0.15, 0.2) is 0 Å². The molecule has 0 radical (unpaired) electrons. The van der Waals surface area contributed by atoms with Crippen LogP contribution < -0.4 is 5.73 Å². The number of aryl methyl sites for hydroxylation is 1. The minimum absolute atomic E-state index is 0.0808. The SMILES string of the molecule is CCCN1C(=O)CCC(N)C1c1ccc(C)s1. The van der Waals surface area contributed by atoms with Crippen LogP contribution in [-0.2, 0) is 4.79 Å². The van der Waals surface area contributed by atoms with Crippen LogP contribution in [0.5, 0.6) is 0 Å². The number of amides is 1. The lowest BCUT2D eigenvalue weighted by Gasteiger charge is -2.39. The molecule has 0 saturated carbocycles. The van der Waals surface area contributed by atoms with Gasteiger partial charge >= 0.3 is 0 Å². The van der Waals surface area contributed by atoms with Gasteiger partial charge in [-0.25, -0.2) is 0 Å². The number of rotatable bonds is 3. The number of piperidine rings is 1. The van der Waals surface area contributed by atoms with E-state index in [1.165, 1.54) is 9.75 Å². The molecule has 2 heterocycles. The van der Waals surface area contributed by atoms with Crippen molar-refractivity contribution < 1.29 is 4.79 Å². The molecule has 1 aliphatic rings. The summed E-state index contributed by atoms with van der Waals surface area (Å²) in [4.78, 5) is 16.5. The Morgan fingerprint density at radius 2 is 2.29 bits per heavy atom. The molecule has 1 aliphatic heterocycles. The molecule has 0 bridgehead atoms. The van der Waals surface area contributed by atoms with Gasteiger partial charge in [-0.15, -0.1) is 11.3 Å².